The van der Waals surface area contributed by atoms with Gasteiger partial charge in [0.2, 0.25) is 10.0 Å². The van der Waals surface area contributed by atoms with Crippen LogP contribution in [0.5, 0.6) is 5.75 Å². The molecule has 1 aromatic rings. The third kappa shape index (κ3) is 4.93. The zero-order valence-corrected chi connectivity index (χ0v) is 16.7. The van der Waals surface area contributed by atoms with Crippen molar-refractivity contribution in [1.29, 1.82) is 0 Å². The van der Waals surface area contributed by atoms with Gasteiger partial charge in [0.25, 0.3) is 5.91 Å². The molecule has 1 atom stereocenters. The van der Waals surface area contributed by atoms with Crippen molar-refractivity contribution in [2.45, 2.75) is 38.7 Å². The van der Waals surface area contributed by atoms with Crippen molar-refractivity contribution >= 4 is 21.6 Å². The van der Waals surface area contributed by atoms with E-state index in [4.69, 9.17) is 4.74 Å². The molecule has 2 aliphatic heterocycles. The molecule has 8 heteroatoms. The number of nitrogens with zero attached hydrogens (tertiary/aromatic N) is 2. The summed E-state index contributed by atoms with van der Waals surface area (Å²) in [6.45, 7) is 5.11. The average Bonchev–Trinajstić information content (AvgIpc) is 2.95. The van der Waals surface area contributed by atoms with Crippen molar-refractivity contribution in [3.63, 3.8) is 0 Å². The zero-order chi connectivity index (χ0) is 19.3. The Balaban J connectivity index is 1.62. The fourth-order valence-corrected chi connectivity index (χ4v) is 4.69. The maximum atomic E-state index is 12.6. The van der Waals surface area contributed by atoms with Gasteiger partial charge in [0.1, 0.15) is 5.75 Å². The fourth-order valence-electron chi connectivity index (χ4n) is 3.57. The van der Waals surface area contributed by atoms with E-state index in [1.807, 2.05) is 0 Å². The van der Waals surface area contributed by atoms with Crippen molar-refractivity contribution in [1.82, 2.24) is 10.2 Å². The topological polar surface area (TPSA) is 79.0 Å². The fraction of sp³-hybridized carbons (Fsp3) is 0.632. The number of hydrogen-bond donors (Lipinski definition) is 1. The third-order valence-electron chi connectivity index (χ3n) is 5.15. The molecule has 0 aromatic heterocycles. The highest BCUT2D eigenvalue weighted by Crippen LogP contribution is 2.35. The van der Waals surface area contributed by atoms with Crippen LogP contribution in [-0.4, -0.2) is 63.8 Å². The summed E-state index contributed by atoms with van der Waals surface area (Å²) in [5.74, 6) is 0.133. The van der Waals surface area contributed by atoms with Gasteiger partial charge in [-0.1, -0.05) is 25.0 Å². The number of carbonyl (C=O) groups excluding carboxylic acids is 1. The molecule has 7 nitrogen and oxygen atoms in total. The van der Waals surface area contributed by atoms with Crippen LogP contribution >= 0.6 is 0 Å². The number of nitrogens with one attached hydrogen (secondary N) is 1. The van der Waals surface area contributed by atoms with E-state index in [2.05, 4.69) is 10.2 Å². The molecule has 1 N–H and O–H groups in total. The predicted molar refractivity (Wildman–Crippen MR) is 106 cm³/mol. The molecule has 0 radical (unpaired) electrons. The van der Waals surface area contributed by atoms with Gasteiger partial charge in [-0.3, -0.25) is 9.10 Å². The van der Waals surface area contributed by atoms with Gasteiger partial charge in [-0.15, -0.1) is 0 Å². The third-order valence-corrected chi connectivity index (χ3v) is 6.90. The van der Waals surface area contributed by atoms with Gasteiger partial charge < -0.3 is 15.0 Å². The minimum Gasteiger partial charge on any atom is -0.476 e. The van der Waals surface area contributed by atoms with Crippen molar-refractivity contribution < 1.29 is 17.9 Å². The Bertz CT molecular complexity index is 745. The van der Waals surface area contributed by atoms with Gasteiger partial charge in [-0.05, 0) is 45.0 Å². The van der Waals surface area contributed by atoms with Crippen LogP contribution in [0.3, 0.4) is 0 Å². The highest BCUT2D eigenvalue weighted by molar-refractivity contribution is 7.92. The minimum atomic E-state index is -3.48. The van der Waals surface area contributed by atoms with E-state index >= 15 is 0 Å². The molecule has 1 amide bonds. The van der Waals surface area contributed by atoms with Crippen LogP contribution in [0.4, 0.5) is 5.69 Å². The number of benzene rings is 1. The number of amides is 1. The standard InChI is InChI=1S/C19H29N3O4S/c1-2-27(24,25)22-15-18(26-17-10-6-5-9-16(17)22)19(23)20-11-14-21-12-7-3-4-8-13-21/h5-6,9-10,18H,2-4,7-8,11-15H2,1H3,(H,20,23)/t18-/m1/s1. The summed E-state index contributed by atoms with van der Waals surface area (Å²) in [6.07, 6.45) is 4.13. The maximum absolute atomic E-state index is 12.6. The summed E-state index contributed by atoms with van der Waals surface area (Å²) in [6, 6.07) is 6.94. The summed E-state index contributed by atoms with van der Waals surface area (Å²) < 4.78 is 32.0. The molecule has 1 aromatic carbocycles. The number of anilines is 1. The molecule has 150 valence electrons. The van der Waals surface area contributed by atoms with Gasteiger partial charge >= 0.3 is 0 Å². The van der Waals surface area contributed by atoms with E-state index in [-0.39, 0.29) is 18.2 Å². The largest absolute Gasteiger partial charge is 0.476 e. The number of ether oxygens (including phenoxy) is 1. The second kappa shape index (κ2) is 8.93. The lowest BCUT2D eigenvalue weighted by atomic mass is 10.2. The zero-order valence-electron chi connectivity index (χ0n) is 15.9. The SMILES string of the molecule is CCS(=O)(=O)N1C[C@H](C(=O)NCCN2CCCCCC2)Oc2ccccc21. The first-order valence-corrected chi connectivity index (χ1v) is 11.4. The molecule has 27 heavy (non-hydrogen) atoms. The van der Waals surface area contributed by atoms with Crippen molar-refractivity contribution in [3.05, 3.63) is 24.3 Å². The molecular formula is C19H29N3O4S. The van der Waals surface area contributed by atoms with Gasteiger partial charge in [-0.25, -0.2) is 8.42 Å². The maximum Gasteiger partial charge on any atom is 0.263 e. The number of carbonyl (C=O) groups is 1. The first kappa shape index (κ1) is 19.9. The summed E-state index contributed by atoms with van der Waals surface area (Å²) in [5.41, 5.74) is 0.493. The van der Waals surface area contributed by atoms with Crippen molar-refractivity contribution in [2.24, 2.45) is 0 Å². The number of para-hydroxylation sites is 2. The molecule has 0 spiro atoms. The number of fused-ring (bicyclic) bond motifs is 1. The number of likely N-dealkylation sites (tertiary alicyclic amines) is 1. The molecule has 3 rings (SSSR count). The molecule has 0 unspecified atom stereocenters. The van der Waals surface area contributed by atoms with Gasteiger partial charge in [0, 0.05) is 13.1 Å². The lowest BCUT2D eigenvalue weighted by Gasteiger charge is -2.34. The second-order valence-corrected chi connectivity index (χ2v) is 9.23. The lowest BCUT2D eigenvalue weighted by Crippen LogP contribution is -2.51. The van der Waals surface area contributed by atoms with E-state index in [1.54, 1.807) is 31.2 Å². The van der Waals surface area contributed by atoms with Crippen molar-refractivity contribution in [2.75, 3.05) is 42.8 Å². The summed E-state index contributed by atoms with van der Waals surface area (Å²) in [7, 11) is -3.48. The van der Waals surface area contributed by atoms with Gasteiger partial charge in [-0.2, -0.15) is 0 Å². The highest BCUT2D eigenvalue weighted by Gasteiger charge is 2.35. The Morgan fingerprint density at radius 2 is 1.89 bits per heavy atom. The summed E-state index contributed by atoms with van der Waals surface area (Å²) >= 11 is 0. The second-order valence-electron chi connectivity index (χ2n) is 7.05. The molecule has 0 bridgehead atoms. The summed E-state index contributed by atoms with van der Waals surface area (Å²) in [5, 5.41) is 2.91. The molecule has 1 fully saturated rings. The normalized spacial score (nSPS) is 21.1. The predicted octanol–water partition coefficient (Wildman–Crippen LogP) is 1.60. The van der Waals surface area contributed by atoms with Gasteiger partial charge in [0.15, 0.2) is 6.10 Å². The van der Waals surface area contributed by atoms with Crippen LogP contribution in [0.2, 0.25) is 0 Å². The van der Waals surface area contributed by atoms with E-state index in [9.17, 15) is 13.2 Å². The van der Waals surface area contributed by atoms with Crippen molar-refractivity contribution in [3.8, 4) is 5.75 Å². The Labute approximate surface area is 161 Å². The smallest absolute Gasteiger partial charge is 0.263 e. The van der Waals surface area contributed by atoms with E-state index in [1.165, 1.54) is 30.0 Å². The first-order chi connectivity index (χ1) is 13.0. The van der Waals surface area contributed by atoms with Crippen LogP contribution in [-0.2, 0) is 14.8 Å². The molecule has 0 saturated carbocycles. The highest BCUT2D eigenvalue weighted by atomic mass is 32.2. The quantitative estimate of drug-likeness (QED) is 0.791. The number of hydrogen-bond acceptors (Lipinski definition) is 5. The average molecular weight is 396 g/mol. The molecule has 0 aliphatic carbocycles. The first-order valence-electron chi connectivity index (χ1n) is 9.77. The van der Waals surface area contributed by atoms with E-state index in [0.717, 1.165) is 19.6 Å². The molecule has 2 heterocycles. The number of rotatable bonds is 6. The minimum absolute atomic E-state index is 0.00271. The monoisotopic (exact) mass is 395 g/mol. The lowest BCUT2D eigenvalue weighted by molar-refractivity contribution is -0.127. The van der Waals surface area contributed by atoms with Crippen LogP contribution in [0.25, 0.3) is 0 Å². The Morgan fingerprint density at radius 1 is 1.19 bits per heavy atom. The van der Waals surface area contributed by atoms with Crippen LogP contribution < -0.4 is 14.4 Å². The van der Waals surface area contributed by atoms with Crippen LogP contribution in [0.1, 0.15) is 32.6 Å². The van der Waals surface area contributed by atoms with Crippen LogP contribution in [0, 0.1) is 0 Å². The van der Waals surface area contributed by atoms with E-state index < -0.39 is 16.1 Å². The molecule has 1 saturated heterocycles. The Hall–Kier alpha value is -1.80. The Kier molecular flexibility index (Phi) is 6.59. The molecule has 2 aliphatic rings. The summed E-state index contributed by atoms with van der Waals surface area (Å²) in [4.78, 5) is 15.0. The Morgan fingerprint density at radius 3 is 2.59 bits per heavy atom. The van der Waals surface area contributed by atoms with Gasteiger partial charge in [0.05, 0.1) is 18.0 Å². The van der Waals surface area contributed by atoms with E-state index in [0.29, 0.717) is 18.0 Å². The number of sulfonamides is 1. The molecular weight excluding hydrogens is 366 g/mol. The van der Waals surface area contributed by atoms with Crippen LogP contribution in [0.15, 0.2) is 24.3 Å².